The Morgan fingerprint density at radius 1 is 1.15 bits per heavy atom. The molecular formula is C17H23BrO2. The molecule has 1 aliphatic carbocycles. The van der Waals surface area contributed by atoms with E-state index in [0.717, 1.165) is 35.7 Å². The average molecular weight is 339 g/mol. The molecule has 0 N–H and O–H groups in total. The second-order valence-corrected chi connectivity index (χ2v) is 6.48. The number of hydrogen-bond donors (Lipinski definition) is 0. The van der Waals surface area contributed by atoms with Gasteiger partial charge >= 0.3 is 0 Å². The third-order valence-electron chi connectivity index (χ3n) is 4.12. The van der Waals surface area contributed by atoms with Crippen LogP contribution >= 0.6 is 15.9 Å². The molecule has 20 heavy (non-hydrogen) atoms. The van der Waals surface area contributed by atoms with E-state index in [1.807, 2.05) is 31.2 Å². The highest BCUT2D eigenvalue weighted by molar-refractivity contribution is 9.10. The highest BCUT2D eigenvalue weighted by Crippen LogP contribution is 2.32. The smallest absolute Gasteiger partial charge is 0.168 e. The predicted octanol–water partition coefficient (Wildman–Crippen LogP) is 4.69. The molecule has 1 aromatic rings. The van der Waals surface area contributed by atoms with Gasteiger partial charge in [-0.3, -0.25) is 4.79 Å². The maximum atomic E-state index is 12.8. The van der Waals surface area contributed by atoms with Crippen LogP contribution in [0.4, 0.5) is 0 Å². The molecule has 0 atom stereocenters. The van der Waals surface area contributed by atoms with Gasteiger partial charge in [-0.25, -0.2) is 0 Å². The molecular weight excluding hydrogens is 316 g/mol. The summed E-state index contributed by atoms with van der Waals surface area (Å²) in [6.45, 7) is 2.60. The van der Waals surface area contributed by atoms with Crippen LogP contribution in [0.2, 0.25) is 0 Å². The fourth-order valence-corrected chi connectivity index (χ4v) is 3.29. The number of hydrogen-bond acceptors (Lipinski definition) is 2. The minimum atomic E-state index is -0.529. The SMILES string of the molecule is CCOC1(C(=O)Cc2ccc(Br)cc2)CCCCCC1. The first-order chi connectivity index (χ1) is 9.66. The summed E-state index contributed by atoms with van der Waals surface area (Å²) in [5.41, 5.74) is 0.541. The number of carbonyl (C=O) groups excluding carboxylic acids is 1. The lowest BCUT2D eigenvalue weighted by molar-refractivity contribution is -0.145. The molecule has 3 heteroatoms. The second-order valence-electron chi connectivity index (χ2n) is 5.57. The largest absolute Gasteiger partial charge is 0.367 e. The molecule has 110 valence electrons. The molecule has 2 nitrogen and oxygen atoms in total. The Kier molecular flexibility index (Phi) is 5.79. The Balaban J connectivity index is 2.11. The van der Waals surface area contributed by atoms with Crippen LogP contribution < -0.4 is 0 Å². The first-order valence-electron chi connectivity index (χ1n) is 7.58. The highest BCUT2D eigenvalue weighted by atomic mass is 79.9. The summed E-state index contributed by atoms with van der Waals surface area (Å²) in [6, 6.07) is 8.00. The number of Topliss-reactive ketones (excluding diaryl/α,β-unsaturated/α-hetero) is 1. The van der Waals surface area contributed by atoms with Crippen LogP contribution in [0.15, 0.2) is 28.7 Å². The number of benzene rings is 1. The van der Waals surface area contributed by atoms with Crippen molar-refractivity contribution in [1.29, 1.82) is 0 Å². The topological polar surface area (TPSA) is 26.3 Å². The van der Waals surface area contributed by atoms with Crippen molar-refractivity contribution in [3.63, 3.8) is 0 Å². The van der Waals surface area contributed by atoms with Crippen LogP contribution in [0.3, 0.4) is 0 Å². The van der Waals surface area contributed by atoms with Crippen LogP contribution in [0, 0.1) is 0 Å². The third-order valence-corrected chi connectivity index (χ3v) is 4.65. The van der Waals surface area contributed by atoms with Gasteiger partial charge in [0, 0.05) is 17.5 Å². The maximum absolute atomic E-state index is 12.8. The van der Waals surface area contributed by atoms with Crippen LogP contribution in [0.5, 0.6) is 0 Å². The lowest BCUT2D eigenvalue weighted by Gasteiger charge is -2.31. The van der Waals surface area contributed by atoms with Crippen molar-refractivity contribution in [1.82, 2.24) is 0 Å². The van der Waals surface area contributed by atoms with Gasteiger partial charge in [-0.05, 0) is 37.5 Å². The van der Waals surface area contributed by atoms with Gasteiger partial charge in [0.15, 0.2) is 5.78 Å². The summed E-state index contributed by atoms with van der Waals surface area (Å²) in [5, 5.41) is 0. The normalized spacial score (nSPS) is 18.5. The van der Waals surface area contributed by atoms with Gasteiger partial charge in [0.1, 0.15) is 5.60 Å². The average Bonchev–Trinajstić information content (AvgIpc) is 2.68. The Morgan fingerprint density at radius 3 is 2.30 bits per heavy atom. The minimum Gasteiger partial charge on any atom is -0.367 e. The quantitative estimate of drug-likeness (QED) is 0.728. The lowest BCUT2D eigenvalue weighted by Crippen LogP contribution is -2.42. The molecule has 0 spiro atoms. The molecule has 1 aromatic carbocycles. The van der Waals surface area contributed by atoms with Gasteiger partial charge in [-0.2, -0.15) is 0 Å². The van der Waals surface area contributed by atoms with Crippen LogP contribution in [0.25, 0.3) is 0 Å². The van der Waals surface area contributed by atoms with E-state index in [9.17, 15) is 4.79 Å². The monoisotopic (exact) mass is 338 g/mol. The molecule has 2 rings (SSSR count). The molecule has 1 saturated carbocycles. The molecule has 1 fully saturated rings. The first-order valence-corrected chi connectivity index (χ1v) is 8.37. The second kappa shape index (κ2) is 7.37. The molecule has 0 amide bonds. The predicted molar refractivity (Wildman–Crippen MR) is 84.9 cm³/mol. The molecule has 0 unspecified atom stereocenters. The molecule has 0 radical (unpaired) electrons. The van der Waals surface area contributed by atoms with E-state index in [-0.39, 0.29) is 5.78 Å². The van der Waals surface area contributed by atoms with E-state index >= 15 is 0 Å². The minimum absolute atomic E-state index is 0.253. The van der Waals surface area contributed by atoms with Crippen molar-refractivity contribution in [3.8, 4) is 0 Å². The number of ketones is 1. The zero-order valence-corrected chi connectivity index (χ0v) is 13.7. The van der Waals surface area contributed by atoms with Crippen molar-refractivity contribution in [2.24, 2.45) is 0 Å². The number of carbonyl (C=O) groups is 1. The van der Waals surface area contributed by atoms with Crippen LogP contribution in [-0.2, 0) is 16.0 Å². The summed E-state index contributed by atoms with van der Waals surface area (Å²) in [5.74, 6) is 0.253. The van der Waals surface area contributed by atoms with E-state index in [2.05, 4.69) is 15.9 Å². The van der Waals surface area contributed by atoms with Crippen molar-refractivity contribution in [2.75, 3.05) is 6.61 Å². The molecule has 0 saturated heterocycles. The fourth-order valence-electron chi connectivity index (χ4n) is 3.03. The van der Waals surface area contributed by atoms with Gasteiger partial charge in [0.05, 0.1) is 0 Å². The van der Waals surface area contributed by atoms with Crippen molar-refractivity contribution in [3.05, 3.63) is 34.3 Å². The number of halogens is 1. The summed E-state index contributed by atoms with van der Waals surface area (Å²) in [4.78, 5) is 12.8. The van der Waals surface area contributed by atoms with E-state index in [0.29, 0.717) is 13.0 Å². The van der Waals surface area contributed by atoms with Gasteiger partial charge in [0.25, 0.3) is 0 Å². The van der Waals surface area contributed by atoms with Crippen LogP contribution in [0.1, 0.15) is 51.0 Å². The summed E-state index contributed by atoms with van der Waals surface area (Å²) in [6.07, 6.45) is 6.90. The van der Waals surface area contributed by atoms with Crippen molar-refractivity contribution in [2.45, 2.75) is 57.5 Å². The van der Waals surface area contributed by atoms with Gasteiger partial charge < -0.3 is 4.74 Å². The molecule has 0 bridgehead atoms. The van der Waals surface area contributed by atoms with Crippen molar-refractivity contribution >= 4 is 21.7 Å². The Labute approximate surface area is 130 Å². The summed E-state index contributed by atoms with van der Waals surface area (Å²) in [7, 11) is 0. The standard InChI is InChI=1S/C17H23BrO2/c1-2-20-17(11-5-3-4-6-12-17)16(19)13-14-7-9-15(18)10-8-14/h7-10H,2-6,11-13H2,1H3. The van der Waals surface area contributed by atoms with E-state index in [1.165, 1.54) is 12.8 Å². The zero-order chi connectivity index (χ0) is 14.4. The Bertz CT molecular complexity index is 431. The number of rotatable bonds is 5. The summed E-state index contributed by atoms with van der Waals surface area (Å²) >= 11 is 3.42. The van der Waals surface area contributed by atoms with Gasteiger partial charge in [-0.1, -0.05) is 53.7 Å². The molecule has 0 aliphatic heterocycles. The van der Waals surface area contributed by atoms with Gasteiger partial charge in [0.2, 0.25) is 0 Å². The van der Waals surface area contributed by atoms with E-state index in [4.69, 9.17) is 4.74 Å². The highest BCUT2D eigenvalue weighted by Gasteiger charge is 2.38. The zero-order valence-electron chi connectivity index (χ0n) is 12.2. The summed E-state index contributed by atoms with van der Waals surface area (Å²) < 4.78 is 6.99. The Morgan fingerprint density at radius 2 is 1.75 bits per heavy atom. The van der Waals surface area contributed by atoms with E-state index < -0.39 is 5.60 Å². The lowest BCUT2D eigenvalue weighted by atomic mass is 9.86. The Hall–Kier alpha value is -0.670. The maximum Gasteiger partial charge on any atom is 0.168 e. The molecule has 1 aliphatic rings. The first kappa shape index (κ1) is 15.7. The van der Waals surface area contributed by atoms with Crippen LogP contribution in [-0.4, -0.2) is 18.0 Å². The van der Waals surface area contributed by atoms with Crippen molar-refractivity contribution < 1.29 is 9.53 Å². The molecule has 0 aromatic heterocycles. The number of ether oxygens (including phenoxy) is 1. The third kappa shape index (κ3) is 3.92. The van der Waals surface area contributed by atoms with Gasteiger partial charge in [-0.15, -0.1) is 0 Å². The van der Waals surface area contributed by atoms with E-state index in [1.54, 1.807) is 0 Å². The fraction of sp³-hybridized carbons (Fsp3) is 0.588. The molecule has 0 heterocycles.